The first kappa shape index (κ1) is 17.7. The van der Waals surface area contributed by atoms with E-state index in [1.807, 2.05) is 4.90 Å². The lowest BCUT2D eigenvalue weighted by Gasteiger charge is -2.23. The van der Waals surface area contributed by atoms with Gasteiger partial charge in [-0.05, 0) is 37.0 Å². The number of amides is 1. The number of hydrogen-bond donors (Lipinski definition) is 2. The number of hydrogen-bond acceptors (Lipinski definition) is 3. The average Bonchev–Trinajstić information content (AvgIpc) is 2.95. The van der Waals surface area contributed by atoms with Crippen molar-refractivity contribution in [1.29, 1.82) is 0 Å². The van der Waals surface area contributed by atoms with E-state index in [1.165, 1.54) is 18.2 Å². The highest BCUT2D eigenvalue weighted by Crippen LogP contribution is 2.48. The molecule has 23 heavy (non-hydrogen) atoms. The van der Waals surface area contributed by atoms with Crippen molar-refractivity contribution in [3.8, 4) is 0 Å². The van der Waals surface area contributed by atoms with Gasteiger partial charge in [0.2, 0.25) is 5.91 Å². The predicted molar refractivity (Wildman–Crippen MR) is 86.1 cm³/mol. The third-order valence-electron chi connectivity index (χ3n) is 4.84. The minimum atomic E-state index is -0.747. The quantitative estimate of drug-likeness (QED) is 0.881. The number of nitrogens with one attached hydrogen (secondary N) is 1. The molecule has 1 heterocycles. The lowest BCUT2D eigenvalue weighted by Crippen LogP contribution is -2.37. The molecule has 1 aliphatic carbocycles. The molecule has 0 radical (unpaired) electrons. The van der Waals surface area contributed by atoms with Gasteiger partial charge in [-0.1, -0.05) is 12.5 Å². The van der Waals surface area contributed by atoms with Gasteiger partial charge in [-0.15, -0.1) is 12.4 Å². The summed E-state index contributed by atoms with van der Waals surface area (Å²) in [6.07, 6.45) is 2.55. The molecule has 0 bridgehead atoms. The molecule has 1 saturated carbocycles. The third kappa shape index (κ3) is 3.48. The van der Waals surface area contributed by atoms with Crippen molar-refractivity contribution in [3.63, 3.8) is 0 Å². The van der Waals surface area contributed by atoms with Gasteiger partial charge in [-0.3, -0.25) is 14.5 Å². The Morgan fingerprint density at radius 1 is 1.43 bits per heavy atom. The van der Waals surface area contributed by atoms with Crippen molar-refractivity contribution in [1.82, 2.24) is 4.90 Å². The van der Waals surface area contributed by atoms with E-state index in [9.17, 15) is 19.1 Å². The standard InChI is InChI=1S/C16H19FN2O3.ClH/c17-12-4-1-5-13(7-12)18-14(20)9-19-8-11-3-2-6-16(11,10-19)15(21)22;/h1,4-5,7,11H,2-3,6,8-10H2,(H,18,20)(H,21,22);1H/t11-,16+;/m0./s1. The van der Waals surface area contributed by atoms with Crippen LogP contribution >= 0.6 is 12.4 Å². The van der Waals surface area contributed by atoms with Crippen LogP contribution < -0.4 is 5.32 Å². The van der Waals surface area contributed by atoms with E-state index in [-0.39, 0.29) is 30.8 Å². The highest BCUT2D eigenvalue weighted by Gasteiger charge is 2.54. The second kappa shape index (κ2) is 6.84. The Morgan fingerprint density at radius 2 is 2.22 bits per heavy atom. The largest absolute Gasteiger partial charge is 0.481 e. The number of benzene rings is 1. The highest BCUT2D eigenvalue weighted by molar-refractivity contribution is 5.92. The zero-order valence-corrected chi connectivity index (χ0v) is 13.4. The normalized spacial score (nSPS) is 26.4. The Hall–Kier alpha value is -1.66. The molecule has 1 aromatic carbocycles. The molecule has 2 aliphatic rings. The molecular formula is C16H20ClFN2O3. The van der Waals surface area contributed by atoms with Crippen molar-refractivity contribution in [3.05, 3.63) is 30.1 Å². The van der Waals surface area contributed by atoms with Gasteiger partial charge in [0.15, 0.2) is 0 Å². The zero-order valence-electron chi connectivity index (χ0n) is 12.6. The molecule has 1 amide bonds. The molecule has 0 aromatic heterocycles. The molecule has 2 atom stereocenters. The Bertz CT molecular complexity index is 613. The van der Waals surface area contributed by atoms with Gasteiger partial charge < -0.3 is 10.4 Å². The van der Waals surface area contributed by atoms with Gasteiger partial charge in [-0.2, -0.15) is 0 Å². The lowest BCUT2D eigenvalue weighted by molar-refractivity contribution is -0.149. The number of anilines is 1. The van der Waals surface area contributed by atoms with Gasteiger partial charge in [0.05, 0.1) is 12.0 Å². The summed E-state index contributed by atoms with van der Waals surface area (Å²) in [5, 5.41) is 12.2. The molecule has 3 rings (SSSR count). The van der Waals surface area contributed by atoms with Crippen molar-refractivity contribution < 1.29 is 19.1 Å². The van der Waals surface area contributed by atoms with Crippen LogP contribution in [0.5, 0.6) is 0 Å². The van der Waals surface area contributed by atoms with Crippen molar-refractivity contribution in [2.75, 3.05) is 25.0 Å². The summed E-state index contributed by atoms with van der Waals surface area (Å²) in [6, 6.07) is 5.73. The minimum Gasteiger partial charge on any atom is -0.481 e. The summed E-state index contributed by atoms with van der Waals surface area (Å²) in [5.41, 5.74) is -0.267. The number of carboxylic acid groups (broad SMARTS) is 1. The Balaban J connectivity index is 0.00000192. The average molecular weight is 343 g/mol. The van der Waals surface area contributed by atoms with Crippen LogP contribution in [0.4, 0.5) is 10.1 Å². The molecule has 5 nitrogen and oxygen atoms in total. The van der Waals surface area contributed by atoms with E-state index in [1.54, 1.807) is 6.07 Å². The monoisotopic (exact) mass is 342 g/mol. The predicted octanol–water partition coefficient (Wildman–Crippen LogP) is 2.37. The first-order chi connectivity index (χ1) is 10.5. The second-order valence-electron chi connectivity index (χ2n) is 6.28. The van der Waals surface area contributed by atoms with E-state index >= 15 is 0 Å². The van der Waals surface area contributed by atoms with Crippen LogP contribution in [0.3, 0.4) is 0 Å². The lowest BCUT2D eigenvalue weighted by atomic mass is 9.81. The molecule has 2 N–H and O–H groups in total. The Morgan fingerprint density at radius 3 is 2.87 bits per heavy atom. The molecule has 1 saturated heterocycles. The number of nitrogens with zero attached hydrogens (tertiary/aromatic N) is 1. The van der Waals surface area contributed by atoms with Gasteiger partial charge in [0.25, 0.3) is 0 Å². The van der Waals surface area contributed by atoms with Crippen LogP contribution in [0.1, 0.15) is 19.3 Å². The van der Waals surface area contributed by atoms with E-state index < -0.39 is 17.2 Å². The van der Waals surface area contributed by atoms with Crippen molar-refractivity contribution in [2.45, 2.75) is 19.3 Å². The summed E-state index contributed by atoms with van der Waals surface area (Å²) in [7, 11) is 0. The van der Waals surface area contributed by atoms with Crippen molar-refractivity contribution >= 4 is 30.0 Å². The second-order valence-corrected chi connectivity index (χ2v) is 6.28. The molecular weight excluding hydrogens is 323 g/mol. The van der Waals surface area contributed by atoms with Crippen LogP contribution in [0.25, 0.3) is 0 Å². The summed E-state index contributed by atoms with van der Waals surface area (Å²) >= 11 is 0. The topological polar surface area (TPSA) is 69.6 Å². The van der Waals surface area contributed by atoms with Crippen LogP contribution in [-0.4, -0.2) is 41.5 Å². The number of halogens is 2. The molecule has 0 spiro atoms. The van der Waals surface area contributed by atoms with Gasteiger partial charge in [0, 0.05) is 18.8 Å². The van der Waals surface area contributed by atoms with E-state index in [0.29, 0.717) is 25.2 Å². The fraction of sp³-hybridized carbons (Fsp3) is 0.500. The molecule has 2 fully saturated rings. The maximum atomic E-state index is 13.1. The smallest absolute Gasteiger partial charge is 0.311 e. The number of aliphatic carboxylic acids is 1. The maximum absolute atomic E-state index is 13.1. The Labute approximate surface area is 140 Å². The summed E-state index contributed by atoms with van der Waals surface area (Å²) in [5.74, 6) is -1.26. The number of likely N-dealkylation sites (tertiary alicyclic amines) is 1. The van der Waals surface area contributed by atoms with Gasteiger partial charge in [0.1, 0.15) is 5.82 Å². The van der Waals surface area contributed by atoms with E-state index in [4.69, 9.17) is 0 Å². The van der Waals surface area contributed by atoms with Crippen LogP contribution in [-0.2, 0) is 9.59 Å². The SMILES string of the molecule is Cl.O=C(CN1C[C@@H]2CCC[C@@]2(C(=O)O)C1)Nc1cccc(F)c1. The van der Waals surface area contributed by atoms with Crippen molar-refractivity contribution in [2.24, 2.45) is 11.3 Å². The maximum Gasteiger partial charge on any atom is 0.311 e. The number of rotatable bonds is 4. The first-order valence-electron chi connectivity index (χ1n) is 7.51. The Kier molecular flexibility index (Phi) is 5.26. The van der Waals surface area contributed by atoms with E-state index in [0.717, 1.165) is 12.8 Å². The number of fused-ring (bicyclic) bond motifs is 1. The first-order valence-corrected chi connectivity index (χ1v) is 7.51. The van der Waals surface area contributed by atoms with Crippen LogP contribution in [0.2, 0.25) is 0 Å². The third-order valence-corrected chi connectivity index (χ3v) is 4.84. The minimum absolute atomic E-state index is 0. The van der Waals surface area contributed by atoms with Gasteiger partial charge >= 0.3 is 5.97 Å². The summed E-state index contributed by atoms with van der Waals surface area (Å²) in [6.45, 7) is 1.20. The van der Waals surface area contributed by atoms with Crippen LogP contribution in [0, 0.1) is 17.2 Å². The number of carbonyl (C=O) groups excluding carboxylic acids is 1. The summed E-state index contributed by atoms with van der Waals surface area (Å²) in [4.78, 5) is 25.5. The fourth-order valence-electron chi connectivity index (χ4n) is 3.83. The molecule has 0 unspecified atom stereocenters. The fourth-order valence-corrected chi connectivity index (χ4v) is 3.83. The highest BCUT2D eigenvalue weighted by atomic mass is 35.5. The zero-order chi connectivity index (χ0) is 15.7. The molecule has 1 aromatic rings. The van der Waals surface area contributed by atoms with Gasteiger partial charge in [-0.25, -0.2) is 4.39 Å². The van der Waals surface area contributed by atoms with E-state index in [2.05, 4.69) is 5.32 Å². The molecule has 7 heteroatoms. The number of carboxylic acids is 1. The van der Waals surface area contributed by atoms with Crippen LogP contribution in [0.15, 0.2) is 24.3 Å². The molecule has 1 aliphatic heterocycles. The summed E-state index contributed by atoms with van der Waals surface area (Å²) < 4.78 is 13.1. The molecule has 126 valence electrons. The number of carbonyl (C=O) groups is 2.